The van der Waals surface area contributed by atoms with E-state index in [1.807, 2.05) is 28.8 Å². The molecule has 1 heterocycles. The summed E-state index contributed by atoms with van der Waals surface area (Å²) in [7, 11) is 1.52. The van der Waals surface area contributed by atoms with Crippen molar-refractivity contribution >= 4 is 16.9 Å². The lowest BCUT2D eigenvalue weighted by Crippen LogP contribution is -2.27. The fourth-order valence-corrected chi connectivity index (χ4v) is 2.70. The minimum Gasteiger partial charge on any atom is -0.494 e. The lowest BCUT2D eigenvalue weighted by molar-refractivity contribution is 0.0681. The quantitative estimate of drug-likeness (QED) is 0.852. The summed E-state index contributed by atoms with van der Waals surface area (Å²) in [5.74, 6) is -0.514. The zero-order valence-electron chi connectivity index (χ0n) is 12.8. The van der Waals surface area contributed by atoms with Crippen LogP contribution >= 0.6 is 0 Å². The number of aromatic nitrogens is 1. The maximum Gasteiger partial charge on any atom is 0.356 e. The molecule has 1 N–H and O–H groups in total. The van der Waals surface area contributed by atoms with Gasteiger partial charge in [-0.05, 0) is 25.2 Å². The van der Waals surface area contributed by atoms with Gasteiger partial charge in [-0.1, -0.05) is 26.0 Å². The first-order valence-electron chi connectivity index (χ1n) is 7.24. The van der Waals surface area contributed by atoms with Crippen molar-refractivity contribution in [1.82, 2.24) is 9.47 Å². The second-order valence-corrected chi connectivity index (χ2v) is 4.88. The Morgan fingerprint density at radius 1 is 1.29 bits per heavy atom. The van der Waals surface area contributed by atoms with Crippen LogP contribution in [0.5, 0.6) is 5.75 Å². The van der Waals surface area contributed by atoms with Crippen LogP contribution < -0.4 is 4.74 Å². The fourth-order valence-electron chi connectivity index (χ4n) is 2.70. The topological polar surface area (TPSA) is 54.7 Å². The van der Waals surface area contributed by atoms with Crippen LogP contribution in [0.15, 0.2) is 24.3 Å². The predicted molar refractivity (Wildman–Crippen MR) is 83.2 cm³/mol. The first kappa shape index (κ1) is 15.4. The van der Waals surface area contributed by atoms with Crippen molar-refractivity contribution in [3.8, 4) is 5.75 Å². The Morgan fingerprint density at radius 2 is 1.95 bits per heavy atom. The maximum absolute atomic E-state index is 11.6. The molecule has 2 rings (SSSR count). The van der Waals surface area contributed by atoms with Crippen molar-refractivity contribution in [2.24, 2.45) is 0 Å². The summed E-state index contributed by atoms with van der Waals surface area (Å²) >= 11 is 0. The number of para-hydroxylation sites is 1. The summed E-state index contributed by atoms with van der Waals surface area (Å²) in [4.78, 5) is 13.9. The van der Waals surface area contributed by atoms with E-state index >= 15 is 0 Å². The number of carboxylic acids is 1. The lowest BCUT2D eigenvalue weighted by atomic mass is 10.2. The van der Waals surface area contributed by atoms with E-state index in [0.717, 1.165) is 30.5 Å². The molecule has 0 saturated carbocycles. The molecule has 0 unspecified atom stereocenters. The van der Waals surface area contributed by atoms with Gasteiger partial charge in [-0.3, -0.25) is 0 Å². The number of fused-ring (bicyclic) bond motifs is 1. The molecule has 0 aliphatic heterocycles. The molecule has 0 spiro atoms. The molecule has 5 nitrogen and oxygen atoms in total. The van der Waals surface area contributed by atoms with E-state index in [9.17, 15) is 9.90 Å². The van der Waals surface area contributed by atoms with E-state index in [1.165, 1.54) is 7.11 Å². The largest absolute Gasteiger partial charge is 0.494 e. The molecular weight excluding hydrogens is 268 g/mol. The van der Waals surface area contributed by atoms with E-state index < -0.39 is 5.97 Å². The highest BCUT2D eigenvalue weighted by Gasteiger charge is 2.23. The summed E-state index contributed by atoms with van der Waals surface area (Å²) in [5, 5.41) is 10.4. The van der Waals surface area contributed by atoms with Crippen LogP contribution in [0, 0.1) is 0 Å². The number of hydrogen-bond donors (Lipinski definition) is 1. The lowest BCUT2D eigenvalue weighted by Gasteiger charge is -2.19. The number of likely N-dealkylation sites (N-methyl/N-ethyl adjacent to an activating group) is 1. The third kappa shape index (κ3) is 2.88. The minimum absolute atomic E-state index is 0.228. The highest BCUT2D eigenvalue weighted by Crippen LogP contribution is 2.33. The summed E-state index contributed by atoms with van der Waals surface area (Å²) in [5.41, 5.74) is 1.13. The van der Waals surface area contributed by atoms with E-state index in [0.29, 0.717) is 12.3 Å². The third-order valence-electron chi connectivity index (χ3n) is 3.87. The summed E-state index contributed by atoms with van der Waals surface area (Å²) in [6.07, 6.45) is 0. The molecule has 0 atom stereocenters. The molecule has 0 bridgehead atoms. The Morgan fingerprint density at radius 3 is 2.52 bits per heavy atom. The number of aromatic carboxylic acids is 1. The van der Waals surface area contributed by atoms with Crippen LogP contribution in [0.3, 0.4) is 0 Å². The first-order chi connectivity index (χ1) is 10.1. The Balaban J connectivity index is 2.50. The van der Waals surface area contributed by atoms with Crippen molar-refractivity contribution in [3.05, 3.63) is 30.0 Å². The maximum atomic E-state index is 11.6. The molecule has 5 heteroatoms. The van der Waals surface area contributed by atoms with Gasteiger partial charge in [0.15, 0.2) is 11.4 Å². The monoisotopic (exact) mass is 290 g/mol. The highest BCUT2D eigenvalue weighted by molar-refractivity contribution is 6.01. The number of ether oxygens (including phenoxy) is 1. The van der Waals surface area contributed by atoms with E-state index in [1.54, 1.807) is 0 Å². The van der Waals surface area contributed by atoms with Gasteiger partial charge in [0.25, 0.3) is 0 Å². The standard InChI is InChI=1S/C16H22N2O3/c1-4-17(5-2)10-11-18-13-9-7-6-8-12(13)15(21-3)14(18)16(19)20/h6-9H,4-5,10-11H2,1-3H3,(H,19,20). The molecule has 21 heavy (non-hydrogen) atoms. The molecule has 0 radical (unpaired) electrons. The van der Waals surface area contributed by atoms with E-state index in [4.69, 9.17) is 4.74 Å². The van der Waals surface area contributed by atoms with Crippen molar-refractivity contribution in [2.45, 2.75) is 20.4 Å². The SMILES string of the molecule is CCN(CC)CCn1c(C(=O)O)c(OC)c2ccccc21. The van der Waals surface area contributed by atoms with Gasteiger partial charge in [0, 0.05) is 18.5 Å². The Bertz CT molecular complexity index is 630. The Labute approximate surface area is 124 Å². The number of hydrogen-bond acceptors (Lipinski definition) is 3. The third-order valence-corrected chi connectivity index (χ3v) is 3.87. The molecule has 0 aliphatic carbocycles. The second-order valence-electron chi connectivity index (χ2n) is 4.88. The number of nitrogens with zero attached hydrogens (tertiary/aromatic N) is 2. The molecule has 0 fully saturated rings. The molecule has 114 valence electrons. The first-order valence-corrected chi connectivity index (χ1v) is 7.24. The molecule has 1 aromatic carbocycles. The van der Waals surface area contributed by atoms with Gasteiger partial charge in [0.2, 0.25) is 0 Å². The Kier molecular flexibility index (Phi) is 4.85. The van der Waals surface area contributed by atoms with Gasteiger partial charge < -0.3 is 19.3 Å². The van der Waals surface area contributed by atoms with Crippen LogP contribution in [-0.2, 0) is 6.54 Å². The van der Waals surface area contributed by atoms with Crippen molar-refractivity contribution in [1.29, 1.82) is 0 Å². The molecule has 0 aliphatic rings. The summed E-state index contributed by atoms with van der Waals surface area (Å²) in [6, 6.07) is 7.65. The van der Waals surface area contributed by atoms with Gasteiger partial charge in [0.1, 0.15) is 0 Å². The predicted octanol–water partition coefficient (Wildman–Crippen LogP) is 2.69. The van der Waals surface area contributed by atoms with Crippen molar-refractivity contribution in [3.63, 3.8) is 0 Å². The van der Waals surface area contributed by atoms with Crippen LogP contribution in [-0.4, -0.2) is 47.3 Å². The van der Waals surface area contributed by atoms with Gasteiger partial charge in [-0.15, -0.1) is 0 Å². The van der Waals surface area contributed by atoms with Gasteiger partial charge >= 0.3 is 5.97 Å². The average molecular weight is 290 g/mol. The van der Waals surface area contributed by atoms with Crippen molar-refractivity contribution < 1.29 is 14.6 Å². The second kappa shape index (κ2) is 6.63. The minimum atomic E-state index is -0.956. The van der Waals surface area contributed by atoms with Crippen LogP contribution in [0.4, 0.5) is 0 Å². The summed E-state index contributed by atoms with van der Waals surface area (Å²) in [6.45, 7) is 7.57. The molecule has 0 saturated heterocycles. The molecular formula is C16H22N2O3. The fraction of sp³-hybridized carbons (Fsp3) is 0.438. The molecule has 0 amide bonds. The van der Waals surface area contributed by atoms with Crippen molar-refractivity contribution in [2.75, 3.05) is 26.7 Å². The van der Waals surface area contributed by atoms with Gasteiger partial charge in [-0.25, -0.2) is 4.79 Å². The zero-order valence-corrected chi connectivity index (χ0v) is 12.8. The smallest absolute Gasteiger partial charge is 0.356 e. The number of carbonyl (C=O) groups is 1. The van der Waals surface area contributed by atoms with E-state index in [2.05, 4.69) is 18.7 Å². The summed E-state index contributed by atoms with van der Waals surface area (Å²) < 4.78 is 7.19. The molecule has 2 aromatic rings. The number of rotatable bonds is 7. The number of carboxylic acid groups (broad SMARTS) is 1. The Hall–Kier alpha value is -2.01. The van der Waals surface area contributed by atoms with Crippen LogP contribution in [0.2, 0.25) is 0 Å². The number of benzene rings is 1. The molecule has 1 aromatic heterocycles. The normalized spacial score (nSPS) is 11.2. The highest BCUT2D eigenvalue weighted by atomic mass is 16.5. The van der Waals surface area contributed by atoms with Gasteiger partial charge in [0.05, 0.1) is 12.6 Å². The van der Waals surface area contributed by atoms with Gasteiger partial charge in [-0.2, -0.15) is 0 Å². The average Bonchev–Trinajstić information content (AvgIpc) is 2.82. The van der Waals surface area contributed by atoms with E-state index in [-0.39, 0.29) is 5.69 Å². The van der Waals surface area contributed by atoms with Crippen LogP contribution in [0.1, 0.15) is 24.3 Å². The zero-order chi connectivity index (χ0) is 15.4. The van der Waals surface area contributed by atoms with Crippen LogP contribution in [0.25, 0.3) is 10.9 Å². The number of methoxy groups -OCH3 is 1.